The largest absolute Gasteiger partial charge is 0.494 e. The van der Waals surface area contributed by atoms with Gasteiger partial charge in [0, 0.05) is 11.8 Å². The second-order valence-corrected chi connectivity index (χ2v) is 7.66. The van der Waals surface area contributed by atoms with E-state index in [1.165, 1.54) is 31.7 Å². The minimum atomic E-state index is -0.209. The van der Waals surface area contributed by atoms with E-state index in [2.05, 4.69) is 17.6 Å². The Morgan fingerprint density at radius 1 is 0.964 bits per heavy atom. The van der Waals surface area contributed by atoms with Crippen molar-refractivity contribution in [2.75, 3.05) is 23.8 Å². The maximum Gasteiger partial charge on any atom is 0.243 e. The summed E-state index contributed by atoms with van der Waals surface area (Å²) >= 11 is 18.0. The number of carbonyl (C=O) groups excluding carboxylic acids is 1. The van der Waals surface area contributed by atoms with Crippen molar-refractivity contribution in [2.45, 2.75) is 39.0 Å². The highest BCUT2D eigenvalue weighted by Gasteiger charge is 2.08. The predicted molar refractivity (Wildman–Crippen MR) is 119 cm³/mol. The average Bonchev–Trinajstić information content (AvgIpc) is 2.67. The van der Waals surface area contributed by atoms with Crippen LogP contribution in [0.4, 0.5) is 11.4 Å². The summed E-state index contributed by atoms with van der Waals surface area (Å²) in [6.45, 7) is 2.92. The number of anilines is 2. The van der Waals surface area contributed by atoms with Gasteiger partial charge in [-0.2, -0.15) is 0 Å². The molecule has 0 atom stereocenters. The van der Waals surface area contributed by atoms with Crippen LogP contribution in [0, 0.1) is 0 Å². The Bertz CT molecular complexity index is 784. The van der Waals surface area contributed by atoms with Gasteiger partial charge in [-0.05, 0) is 30.7 Å². The Morgan fingerprint density at radius 3 is 2.50 bits per heavy atom. The molecule has 0 saturated heterocycles. The Kier molecular flexibility index (Phi) is 9.76. The first-order valence-corrected chi connectivity index (χ1v) is 10.5. The molecule has 4 nitrogen and oxygen atoms in total. The zero-order chi connectivity index (χ0) is 20.4. The quantitative estimate of drug-likeness (QED) is 0.289. The fourth-order valence-electron chi connectivity index (χ4n) is 2.60. The van der Waals surface area contributed by atoms with Gasteiger partial charge in [0.05, 0.1) is 33.9 Å². The standard InChI is InChI=1S/C21H25Cl3N2O2/c1-2-3-4-5-6-10-28-16-9-7-8-15(11-16)26-21(27)14-25-20-13-18(23)17(22)12-19(20)24/h7-9,11-13,25H,2-6,10,14H2,1H3,(H,26,27). The SMILES string of the molecule is CCCCCCCOc1cccc(NC(=O)CNc2cc(Cl)c(Cl)cc2Cl)c1. The normalized spacial score (nSPS) is 10.6. The van der Waals surface area contributed by atoms with Crippen molar-refractivity contribution in [1.82, 2.24) is 0 Å². The van der Waals surface area contributed by atoms with Gasteiger partial charge in [-0.1, -0.05) is 73.5 Å². The fraction of sp³-hybridized carbons (Fsp3) is 0.381. The summed E-state index contributed by atoms with van der Waals surface area (Å²) in [5.41, 5.74) is 1.22. The van der Waals surface area contributed by atoms with Crippen molar-refractivity contribution in [3.8, 4) is 5.75 Å². The van der Waals surface area contributed by atoms with Crippen LogP contribution in [-0.2, 0) is 4.79 Å². The van der Waals surface area contributed by atoms with Crippen molar-refractivity contribution in [2.24, 2.45) is 0 Å². The molecular formula is C21H25Cl3N2O2. The zero-order valence-corrected chi connectivity index (χ0v) is 18.1. The van der Waals surface area contributed by atoms with Crippen LogP contribution in [0.2, 0.25) is 15.1 Å². The minimum absolute atomic E-state index is 0.0419. The molecule has 2 aromatic rings. The van der Waals surface area contributed by atoms with Crippen molar-refractivity contribution >= 4 is 52.1 Å². The summed E-state index contributed by atoms with van der Waals surface area (Å²) in [7, 11) is 0. The molecule has 2 aromatic carbocycles. The molecule has 28 heavy (non-hydrogen) atoms. The van der Waals surface area contributed by atoms with Crippen LogP contribution in [-0.4, -0.2) is 19.1 Å². The molecule has 7 heteroatoms. The molecule has 0 aliphatic carbocycles. The van der Waals surface area contributed by atoms with E-state index in [0.717, 1.165) is 12.2 Å². The second kappa shape index (κ2) is 12.1. The van der Waals surface area contributed by atoms with Gasteiger partial charge in [0.2, 0.25) is 5.91 Å². The molecule has 0 aliphatic heterocycles. The van der Waals surface area contributed by atoms with Gasteiger partial charge in [-0.25, -0.2) is 0 Å². The molecule has 152 valence electrons. The molecule has 0 saturated carbocycles. The molecule has 0 fully saturated rings. The Hall–Kier alpha value is -1.62. The van der Waals surface area contributed by atoms with E-state index in [1.807, 2.05) is 24.3 Å². The van der Waals surface area contributed by atoms with Crippen LogP contribution in [0.5, 0.6) is 5.75 Å². The molecule has 0 spiro atoms. The average molecular weight is 444 g/mol. The Labute approximate surface area is 181 Å². The topological polar surface area (TPSA) is 50.4 Å². The molecule has 0 aromatic heterocycles. The Morgan fingerprint density at radius 2 is 1.71 bits per heavy atom. The third kappa shape index (κ3) is 7.78. The predicted octanol–water partition coefficient (Wildman–Crippen LogP) is 7.05. The number of benzene rings is 2. The lowest BCUT2D eigenvalue weighted by Gasteiger charge is -2.11. The van der Waals surface area contributed by atoms with Gasteiger partial charge >= 0.3 is 0 Å². The van der Waals surface area contributed by atoms with Crippen molar-refractivity contribution in [1.29, 1.82) is 0 Å². The molecule has 0 bridgehead atoms. The van der Waals surface area contributed by atoms with E-state index in [1.54, 1.807) is 6.07 Å². The van der Waals surface area contributed by atoms with Crippen molar-refractivity contribution < 1.29 is 9.53 Å². The van der Waals surface area contributed by atoms with Crippen LogP contribution in [0.15, 0.2) is 36.4 Å². The molecule has 0 radical (unpaired) electrons. The van der Waals surface area contributed by atoms with Crippen molar-refractivity contribution in [3.05, 3.63) is 51.5 Å². The monoisotopic (exact) mass is 442 g/mol. The second-order valence-electron chi connectivity index (χ2n) is 6.44. The first kappa shape index (κ1) is 22.7. The molecule has 1 amide bonds. The third-order valence-electron chi connectivity index (χ3n) is 4.08. The highest BCUT2D eigenvalue weighted by molar-refractivity contribution is 6.44. The van der Waals surface area contributed by atoms with E-state index in [0.29, 0.717) is 33.0 Å². The van der Waals surface area contributed by atoms with Gasteiger partial charge in [-0.3, -0.25) is 4.79 Å². The summed E-state index contributed by atoms with van der Waals surface area (Å²) in [6.07, 6.45) is 5.95. The number of halogens is 3. The van der Waals surface area contributed by atoms with Crippen LogP contribution in [0.1, 0.15) is 39.0 Å². The number of carbonyl (C=O) groups is 1. The van der Waals surface area contributed by atoms with E-state index < -0.39 is 0 Å². The van der Waals surface area contributed by atoms with Crippen LogP contribution < -0.4 is 15.4 Å². The number of amides is 1. The highest BCUT2D eigenvalue weighted by atomic mass is 35.5. The lowest BCUT2D eigenvalue weighted by atomic mass is 10.2. The number of hydrogen-bond donors (Lipinski definition) is 2. The van der Waals surface area contributed by atoms with Crippen LogP contribution >= 0.6 is 34.8 Å². The van der Waals surface area contributed by atoms with Gasteiger partial charge < -0.3 is 15.4 Å². The summed E-state index contributed by atoms with van der Waals surface area (Å²) in [5.74, 6) is 0.535. The Balaban J connectivity index is 1.80. The van der Waals surface area contributed by atoms with Gasteiger partial charge in [0.1, 0.15) is 5.75 Å². The van der Waals surface area contributed by atoms with Crippen molar-refractivity contribution in [3.63, 3.8) is 0 Å². The number of unbranched alkanes of at least 4 members (excludes halogenated alkanes) is 4. The van der Waals surface area contributed by atoms with E-state index >= 15 is 0 Å². The number of rotatable bonds is 11. The summed E-state index contributed by atoms with van der Waals surface area (Å²) in [4.78, 5) is 12.2. The first-order chi connectivity index (χ1) is 13.5. The van der Waals surface area contributed by atoms with Gasteiger partial charge in [-0.15, -0.1) is 0 Å². The van der Waals surface area contributed by atoms with Crippen LogP contribution in [0.3, 0.4) is 0 Å². The van der Waals surface area contributed by atoms with E-state index in [-0.39, 0.29) is 12.5 Å². The number of hydrogen-bond acceptors (Lipinski definition) is 3. The first-order valence-electron chi connectivity index (χ1n) is 9.40. The minimum Gasteiger partial charge on any atom is -0.494 e. The maximum absolute atomic E-state index is 12.2. The fourth-order valence-corrected chi connectivity index (χ4v) is 3.21. The van der Waals surface area contributed by atoms with Gasteiger partial charge in [0.25, 0.3) is 0 Å². The highest BCUT2D eigenvalue weighted by Crippen LogP contribution is 2.32. The molecule has 0 aliphatic rings. The van der Waals surface area contributed by atoms with Crippen LogP contribution in [0.25, 0.3) is 0 Å². The zero-order valence-electron chi connectivity index (χ0n) is 15.9. The lowest BCUT2D eigenvalue weighted by Crippen LogP contribution is -2.21. The molecule has 2 rings (SSSR count). The molecule has 0 unspecified atom stereocenters. The van der Waals surface area contributed by atoms with E-state index in [4.69, 9.17) is 39.5 Å². The maximum atomic E-state index is 12.2. The molecule has 0 heterocycles. The lowest BCUT2D eigenvalue weighted by molar-refractivity contribution is -0.114. The number of nitrogens with one attached hydrogen (secondary N) is 2. The molecular weight excluding hydrogens is 419 g/mol. The number of ether oxygens (including phenoxy) is 1. The summed E-state index contributed by atoms with van der Waals surface area (Å²) in [5, 5.41) is 6.92. The summed E-state index contributed by atoms with van der Waals surface area (Å²) in [6, 6.07) is 10.5. The van der Waals surface area contributed by atoms with E-state index in [9.17, 15) is 4.79 Å². The smallest absolute Gasteiger partial charge is 0.243 e. The molecule has 2 N–H and O–H groups in total. The van der Waals surface area contributed by atoms with Gasteiger partial charge in [0.15, 0.2) is 0 Å². The third-order valence-corrected chi connectivity index (χ3v) is 5.12. The summed E-state index contributed by atoms with van der Waals surface area (Å²) < 4.78 is 5.77.